The smallest absolute Gasteiger partial charge is 0.0495 e. The van der Waals surface area contributed by atoms with Crippen LogP contribution in [0.5, 0.6) is 0 Å². The lowest BCUT2D eigenvalue weighted by Crippen LogP contribution is -2.15. The van der Waals surface area contributed by atoms with Crippen LogP contribution in [0.4, 0.5) is 0 Å². The molecule has 0 aromatic heterocycles. The predicted molar refractivity (Wildman–Crippen MR) is 117 cm³/mol. The zero-order valence-electron chi connectivity index (χ0n) is 15.9. The van der Waals surface area contributed by atoms with E-state index in [0.717, 1.165) is 57.4 Å². The summed E-state index contributed by atoms with van der Waals surface area (Å²) < 4.78 is 15.6. The van der Waals surface area contributed by atoms with Gasteiger partial charge in [0, 0.05) is 39.6 Å². The minimum atomic E-state index is 0. The van der Waals surface area contributed by atoms with Gasteiger partial charge < -0.3 is 14.2 Å². The van der Waals surface area contributed by atoms with E-state index in [1.165, 1.54) is 51.4 Å². The Hall–Kier alpha value is -0.120. The highest BCUT2D eigenvalue weighted by Crippen LogP contribution is 2.17. The Bertz CT molecular complexity index is 222. The molecule has 162 valence electrons. The zero-order valence-corrected chi connectivity index (χ0v) is 15.9. The molecule has 0 N–H and O–H groups in total. The molecule has 3 nitrogen and oxygen atoms in total. The summed E-state index contributed by atoms with van der Waals surface area (Å²) in [5.74, 6) is 2.70. The van der Waals surface area contributed by atoms with Crippen LogP contribution < -0.4 is 0 Å². The molecule has 3 saturated heterocycles. The highest BCUT2D eigenvalue weighted by molar-refractivity contribution is 4.61. The van der Waals surface area contributed by atoms with E-state index in [4.69, 9.17) is 14.2 Å². The molecule has 0 aliphatic carbocycles. The number of ether oxygens (including phenoxy) is 3. The maximum atomic E-state index is 5.27. The SMILES string of the molecule is C.C.C.CCC1CCCOC1.CCC1CCOC1.CCC1CCOCC1. The van der Waals surface area contributed by atoms with E-state index in [-0.39, 0.29) is 22.3 Å². The molecule has 0 bridgehead atoms. The predicted octanol–water partition coefficient (Wildman–Crippen LogP) is 6.99. The van der Waals surface area contributed by atoms with Crippen molar-refractivity contribution in [2.24, 2.45) is 17.8 Å². The summed E-state index contributed by atoms with van der Waals surface area (Å²) in [5.41, 5.74) is 0. The van der Waals surface area contributed by atoms with Crippen molar-refractivity contribution in [2.45, 2.75) is 94.4 Å². The van der Waals surface area contributed by atoms with Gasteiger partial charge in [0.05, 0.1) is 0 Å². The van der Waals surface area contributed by atoms with E-state index in [2.05, 4.69) is 20.8 Å². The number of hydrogen-bond acceptors (Lipinski definition) is 3. The van der Waals surface area contributed by atoms with Crippen LogP contribution in [-0.4, -0.2) is 39.6 Å². The van der Waals surface area contributed by atoms with Crippen molar-refractivity contribution in [2.75, 3.05) is 39.6 Å². The van der Waals surface area contributed by atoms with Crippen LogP contribution in [0.25, 0.3) is 0 Å². The summed E-state index contributed by atoms with van der Waals surface area (Å²) in [5, 5.41) is 0. The molecular weight excluding hydrogens is 324 g/mol. The molecule has 3 fully saturated rings. The average molecular weight is 377 g/mol. The molecule has 0 radical (unpaired) electrons. The quantitative estimate of drug-likeness (QED) is 0.531. The molecule has 2 unspecified atom stereocenters. The lowest BCUT2D eigenvalue weighted by Gasteiger charge is -2.19. The maximum absolute atomic E-state index is 5.27. The molecule has 2 atom stereocenters. The van der Waals surface area contributed by atoms with Crippen molar-refractivity contribution in [3.05, 3.63) is 0 Å². The van der Waals surface area contributed by atoms with Gasteiger partial charge in [0.25, 0.3) is 0 Å². The highest BCUT2D eigenvalue weighted by Gasteiger charge is 2.12. The third kappa shape index (κ3) is 15.0. The second-order valence-corrected chi connectivity index (χ2v) is 7.09. The van der Waals surface area contributed by atoms with Gasteiger partial charge >= 0.3 is 0 Å². The topological polar surface area (TPSA) is 27.7 Å². The van der Waals surface area contributed by atoms with Crippen molar-refractivity contribution >= 4 is 0 Å². The van der Waals surface area contributed by atoms with Gasteiger partial charge in [-0.15, -0.1) is 0 Å². The number of rotatable bonds is 3. The maximum Gasteiger partial charge on any atom is 0.0495 e. The standard InChI is InChI=1S/2C7H14O.C6H12O.3CH4/c1-2-7-3-5-8-6-4-7;1-2-7-4-3-5-8-6-7;1-2-6-3-4-7-5-6;;;/h2*7H,2-6H2,1H3;6H,2-5H2,1H3;3*1H4. The minimum Gasteiger partial charge on any atom is -0.381 e. The third-order valence-electron chi connectivity index (χ3n) is 5.35. The summed E-state index contributed by atoms with van der Waals surface area (Å²) in [6, 6.07) is 0. The summed E-state index contributed by atoms with van der Waals surface area (Å²) in [6.07, 6.45) is 10.4. The van der Waals surface area contributed by atoms with Crippen LogP contribution in [0.1, 0.15) is 94.4 Å². The first-order chi connectivity index (χ1) is 11.3. The summed E-state index contributed by atoms with van der Waals surface area (Å²) in [6.45, 7) is 12.7. The van der Waals surface area contributed by atoms with Gasteiger partial charge in [-0.1, -0.05) is 62.3 Å². The third-order valence-corrected chi connectivity index (χ3v) is 5.35. The van der Waals surface area contributed by atoms with Gasteiger partial charge in [-0.3, -0.25) is 0 Å². The van der Waals surface area contributed by atoms with E-state index in [0.29, 0.717) is 0 Å². The van der Waals surface area contributed by atoms with Gasteiger partial charge in [0.15, 0.2) is 0 Å². The van der Waals surface area contributed by atoms with Gasteiger partial charge in [-0.2, -0.15) is 0 Å². The molecule has 3 rings (SSSR count). The molecule has 3 heterocycles. The lowest BCUT2D eigenvalue weighted by atomic mass is 9.98. The Morgan fingerprint density at radius 1 is 0.538 bits per heavy atom. The normalized spacial score (nSPS) is 25.0. The van der Waals surface area contributed by atoms with E-state index in [1.807, 2.05) is 0 Å². The summed E-state index contributed by atoms with van der Waals surface area (Å²) >= 11 is 0. The molecule has 0 amide bonds. The van der Waals surface area contributed by atoms with Crippen LogP contribution in [0, 0.1) is 17.8 Å². The average Bonchev–Trinajstić information content (AvgIpc) is 3.18. The van der Waals surface area contributed by atoms with Crippen molar-refractivity contribution in [1.82, 2.24) is 0 Å². The van der Waals surface area contributed by atoms with Crippen molar-refractivity contribution in [3.8, 4) is 0 Å². The monoisotopic (exact) mass is 376 g/mol. The largest absolute Gasteiger partial charge is 0.381 e. The van der Waals surface area contributed by atoms with Crippen molar-refractivity contribution in [1.29, 1.82) is 0 Å². The fourth-order valence-electron chi connectivity index (χ4n) is 3.19. The van der Waals surface area contributed by atoms with Crippen LogP contribution in [0.3, 0.4) is 0 Å². The summed E-state index contributed by atoms with van der Waals surface area (Å²) in [7, 11) is 0. The van der Waals surface area contributed by atoms with Crippen LogP contribution in [-0.2, 0) is 14.2 Å². The van der Waals surface area contributed by atoms with Gasteiger partial charge in [0.2, 0.25) is 0 Å². The Labute approximate surface area is 166 Å². The first kappa shape index (κ1) is 30.6. The van der Waals surface area contributed by atoms with E-state index in [9.17, 15) is 0 Å². The molecule has 26 heavy (non-hydrogen) atoms. The van der Waals surface area contributed by atoms with Crippen molar-refractivity contribution in [3.63, 3.8) is 0 Å². The molecule has 0 saturated carbocycles. The second kappa shape index (κ2) is 21.2. The van der Waals surface area contributed by atoms with Gasteiger partial charge in [0.1, 0.15) is 0 Å². The second-order valence-electron chi connectivity index (χ2n) is 7.09. The van der Waals surface area contributed by atoms with Crippen LogP contribution in [0.2, 0.25) is 0 Å². The highest BCUT2D eigenvalue weighted by atomic mass is 16.5. The molecule has 3 aliphatic heterocycles. The van der Waals surface area contributed by atoms with Crippen LogP contribution >= 0.6 is 0 Å². The first-order valence-electron chi connectivity index (χ1n) is 10.0. The summed E-state index contributed by atoms with van der Waals surface area (Å²) in [4.78, 5) is 0. The molecule has 3 aliphatic rings. The molecule has 0 aromatic carbocycles. The Morgan fingerprint density at radius 2 is 0.962 bits per heavy atom. The Morgan fingerprint density at radius 3 is 1.27 bits per heavy atom. The molecule has 3 heteroatoms. The first-order valence-corrected chi connectivity index (χ1v) is 10.0. The molecule has 0 aromatic rings. The van der Waals surface area contributed by atoms with Crippen molar-refractivity contribution < 1.29 is 14.2 Å². The lowest BCUT2D eigenvalue weighted by molar-refractivity contribution is 0.0535. The fraction of sp³-hybridized carbons (Fsp3) is 1.00. The molecular formula is C23H52O3. The van der Waals surface area contributed by atoms with Gasteiger partial charge in [-0.25, -0.2) is 0 Å². The Kier molecular flexibility index (Phi) is 24.9. The van der Waals surface area contributed by atoms with E-state index >= 15 is 0 Å². The minimum absolute atomic E-state index is 0. The van der Waals surface area contributed by atoms with E-state index < -0.39 is 0 Å². The van der Waals surface area contributed by atoms with Gasteiger partial charge in [-0.05, 0) is 49.9 Å². The fourth-order valence-corrected chi connectivity index (χ4v) is 3.19. The van der Waals surface area contributed by atoms with E-state index in [1.54, 1.807) is 0 Å². The Balaban J connectivity index is -0.000000289. The van der Waals surface area contributed by atoms with Crippen LogP contribution in [0.15, 0.2) is 0 Å². The number of hydrogen-bond donors (Lipinski definition) is 0. The zero-order chi connectivity index (χ0) is 16.8. The molecule has 0 spiro atoms.